The Morgan fingerprint density at radius 1 is 1.50 bits per heavy atom. The number of hydrogen-bond donors (Lipinski definition) is 2. The molecule has 0 bridgehead atoms. The third kappa shape index (κ3) is 1.88. The van der Waals surface area contributed by atoms with Crippen LogP contribution in [0, 0.1) is 17.2 Å². The Labute approximate surface area is 116 Å². The fourth-order valence-electron chi connectivity index (χ4n) is 3.55. The number of rotatable bonds is 3. The van der Waals surface area contributed by atoms with Gasteiger partial charge in [0.2, 0.25) is 0 Å². The van der Waals surface area contributed by atoms with Crippen LogP contribution < -0.4 is 5.32 Å². The molecule has 0 radical (unpaired) electrons. The molecule has 2 aliphatic rings. The first kappa shape index (κ1) is 13.4. The maximum atomic E-state index is 13.9. The maximum absolute atomic E-state index is 13.9. The molecule has 2 fully saturated rings. The zero-order valence-corrected chi connectivity index (χ0v) is 11.5. The molecular formula is C15H18FNO3. The second-order valence-electron chi connectivity index (χ2n) is 6.19. The van der Waals surface area contributed by atoms with E-state index in [1.807, 2.05) is 0 Å². The number of carbonyl (C=O) groups is 1. The number of aromatic carboxylic acids is 1. The molecule has 0 aromatic heterocycles. The molecule has 5 heteroatoms. The summed E-state index contributed by atoms with van der Waals surface area (Å²) in [6.07, 6.45) is 1.18. The van der Waals surface area contributed by atoms with Crippen LogP contribution in [-0.2, 0) is 4.74 Å². The van der Waals surface area contributed by atoms with Gasteiger partial charge in [-0.25, -0.2) is 9.18 Å². The molecule has 3 atom stereocenters. The van der Waals surface area contributed by atoms with Gasteiger partial charge in [-0.05, 0) is 24.6 Å². The summed E-state index contributed by atoms with van der Waals surface area (Å²) in [5.41, 5.74) is 0.269. The van der Waals surface area contributed by atoms with Crippen LogP contribution in [0.4, 0.5) is 10.1 Å². The van der Waals surface area contributed by atoms with Gasteiger partial charge in [0.05, 0.1) is 17.4 Å². The third-order valence-electron chi connectivity index (χ3n) is 4.62. The Hall–Kier alpha value is -1.62. The first-order valence-electron chi connectivity index (χ1n) is 6.82. The lowest BCUT2D eigenvalue weighted by Crippen LogP contribution is -2.63. The highest BCUT2D eigenvalue weighted by Crippen LogP contribution is 2.53. The summed E-state index contributed by atoms with van der Waals surface area (Å²) < 4.78 is 19.6. The van der Waals surface area contributed by atoms with Crippen LogP contribution in [0.5, 0.6) is 0 Å². The zero-order valence-electron chi connectivity index (χ0n) is 11.5. The van der Waals surface area contributed by atoms with Crippen LogP contribution in [0.15, 0.2) is 18.2 Å². The number of ether oxygens (including phenoxy) is 1. The maximum Gasteiger partial charge on any atom is 0.335 e. The molecule has 3 unspecified atom stereocenters. The summed E-state index contributed by atoms with van der Waals surface area (Å²) in [6.45, 7) is 4.93. The summed E-state index contributed by atoms with van der Waals surface area (Å²) in [7, 11) is 0. The van der Waals surface area contributed by atoms with Crippen molar-refractivity contribution in [3.05, 3.63) is 29.6 Å². The van der Waals surface area contributed by atoms with Gasteiger partial charge in [-0.3, -0.25) is 0 Å². The quantitative estimate of drug-likeness (QED) is 0.893. The normalized spacial score (nSPS) is 30.4. The predicted octanol–water partition coefficient (Wildman–Crippen LogP) is 2.75. The molecule has 1 saturated heterocycles. The van der Waals surface area contributed by atoms with Gasteiger partial charge in [-0.15, -0.1) is 0 Å². The molecule has 2 N–H and O–H groups in total. The topological polar surface area (TPSA) is 58.6 Å². The van der Waals surface area contributed by atoms with Crippen LogP contribution in [0.25, 0.3) is 0 Å². The van der Waals surface area contributed by atoms with E-state index in [1.165, 1.54) is 18.2 Å². The van der Waals surface area contributed by atoms with Gasteiger partial charge in [0.15, 0.2) is 0 Å². The molecule has 0 spiro atoms. The Balaban J connectivity index is 1.84. The van der Waals surface area contributed by atoms with Crippen molar-refractivity contribution in [1.29, 1.82) is 0 Å². The average molecular weight is 279 g/mol. The summed E-state index contributed by atoms with van der Waals surface area (Å²) in [5.74, 6) is -1.10. The van der Waals surface area contributed by atoms with E-state index in [0.29, 0.717) is 5.92 Å². The third-order valence-corrected chi connectivity index (χ3v) is 4.62. The van der Waals surface area contributed by atoms with Gasteiger partial charge in [0, 0.05) is 24.0 Å². The lowest BCUT2D eigenvalue weighted by molar-refractivity contribution is -0.0923. The van der Waals surface area contributed by atoms with Gasteiger partial charge >= 0.3 is 5.97 Å². The van der Waals surface area contributed by atoms with E-state index < -0.39 is 11.8 Å². The largest absolute Gasteiger partial charge is 0.478 e. The van der Waals surface area contributed by atoms with Crippen LogP contribution in [0.1, 0.15) is 30.6 Å². The number of carboxylic acid groups (broad SMARTS) is 1. The molecule has 0 amide bonds. The van der Waals surface area contributed by atoms with E-state index in [4.69, 9.17) is 9.84 Å². The number of carboxylic acids is 1. The van der Waals surface area contributed by atoms with Gasteiger partial charge in [-0.2, -0.15) is 0 Å². The van der Waals surface area contributed by atoms with E-state index in [9.17, 15) is 9.18 Å². The van der Waals surface area contributed by atoms with Gasteiger partial charge in [0.1, 0.15) is 5.82 Å². The first-order chi connectivity index (χ1) is 9.41. The fraction of sp³-hybridized carbons (Fsp3) is 0.533. The Kier molecular flexibility index (Phi) is 2.97. The highest BCUT2D eigenvalue weighted by molar-refractivity contribution is 5.88. The molecular weight excluding hydrogens is 261 g/mol. The molecule has 1 aromatic rings. The molecule has 108 valence electrons. The molecule has 3 rings (SSSR count). The summed E-state index contributed by atoms with van der Waals surface area (Å²) in [5, 5.41) is 12.2. The van der Waals surface area contributed by atoms with Crippen LogP contribution >= 0.6 is 0 Å². The number of fused-ring (bicyclic) bond motifs is 1. The lowest BCUT2D eigenvalue weighted by atomic mass is 9.57. The fourth-order valence-corrected chi connectivity index (χ4v) is 3.55. The van der Waals surface area contributed by atoms with Crippen molar-refractivity contribution in [3.8, 4) is 0 Å². The minimum atomic E-state index is -1.05. The van der Waals surface area contributed by atoms with Crippen molar-refractivity contribution < 1.29 is 19.0 Å². The number of nitrogens with one attached hydrogen (secondary N) is 1. The Bertz CT molecular complexity index is 558. The van der Waals surface area contributed by atoms with Crippen LogP contribution in [0.2, 0.25) is 0 Å². The van der Waals surface area contributed by atoms with E-state index in [0.717, 1.165) is 13.0 Å². The standard InChI is InChI=1S/C15H18FNO3/c1-15(2)12(9-5-6-20-13(9)15)17-11-7-8(14(18)19)3-4-10(11)16/h3-4,7,9,12-13,17H,5-6H2,1-2H3,(H,18,19). The molecule has 1 heterocycles. The molecule has 4 nitrogen and oxygen atoms in total. The Morgan fingerprint density at radius 2 is 2.25 bits per heavy atom. The highest BCUT2D eigenvalue weighted by atomic mass is 19.1. The van der Waals surface area contributed by atoms with Crippen molar-refractivity contribution in [2.24, 2.45) is 11.3 Å². The highest BCUT2D eigenvalue weighted by Gasteiger charge is 2.59. The molecule has 1 aliphatic carbocycles. The van der Waals surface area contributed by atoms with E-state index in [1.54, 1.807) is 0 Å². The lowest BCUT2D eigenvalue weighted by Gasteiger charge is -2.55. The number of benzene rings is 1. The second-order valence-corrected chi connectivity index (χ2v) is 6.19. The van der Waals surface area contributed by atoms with Gasteiger partial charge in [0.25, 0.3) is 0 Å². The summed E-state index contributed by atoms with van der Waals surface area (Å²) >= 11 is 0. The summed E-state index contributed by atoms with van der Waals surface area (Å²) in [6, 6.07) is 3.93. The van der Waals surface area contributed by atoms with E-state index >= 15 is 0 Å². The molecule has 1 saturated carbocycles. The van der Waals surface area contributed by atoms with E-state index in [-0.39, 0.29) is 28.8 Å². The number of hydrogen-bond acceptors (Lipinski definition) is 3. The van der Waals surface area contributed by atoms with Crippen molar-refractivity contribution in [2.75, 3.05) is 11.9 Å². The minimum absolute atomic E-state index is 0.0766. The van der Waals surface area contributed by atoms with Crippen molar-refractivity contribution in [3.63, 3.8) is 0 Å². The van der Waals surface area contributed by atoms with E-state index in [2.05, 4.69) is 19.2 Å². The minimum Gasteiger partial charge on any atom is -0.478 e. The molecule has 1 aliphatic heterocycles. The number of halogens is 1. The molecule has 1 aromatic carbocycles. The van der Waals surface area contributed by atoms with Gasteiger partial charge < -0.3 is 15.2 Å². The average Bonchev–Trinajstić information content (AvgIpc) is 2.84. The van der Waals surface area contributed by atoms with Gasteiger partial charge in [-0.1, -0.05) is 13.8 Å². The Morgan fingerprint density at radius 3 is 2.95 bits per heavy atom. The number of anilines is 1. The first-order valence-corrected chi connectivity index (χ1v) is 6.82. The van der Waals surface area contributed by atoms with Crippen molar-refractivity contribution >= 4 is 11.7 Å². The van der Waals surface area contributed by atoms with Crippen molar-refractivity contribution in [2.45, 2.75) is 32.4 Å². The predicted molar refractivity (Wildman–Crippen MR) is 72.4 cm³/mol. The molecule has 20 heavy (non-hydrogen) atoms. The van der Waals surface area contributed by atoms with Crippen LogP contribution in [0.3, 0.4) is 0 Å². The zero-order chi connectivity index (χ0) is 14.5. The smallest absolute Gasteiger partial charge is 0.335 e. The monoisotopic (exact) mass is 279 g/mol. The SMILES string of the molecule is CC1(C)C(Nc2cc(C(=O)O)ccc2F)C2CCOC21. The summed E-state index contributed by atoms with van der Waals surface area (Å²) in [4.78, 5) is 11.0. The second kappa shape index (κ2) is 4.45. The van der Waals surface area contributed by atoms with Crippen molar-refractivity contribution in [1.82, 2.24) is 0 Å². The van der Waals surface area contributed by atoms with Crippen LogP contribution in [-0.4, -0.2) is 29.8 Å².